The van der Waals surface area contributed by atoms with Crippen LogP contribution in [0.15, 0.2) is 48.5 Å². The zero-order valence-electron chi connectivity index (χ0n) is 11.9. The third-order valence-corrected chi connectivity index (χ3v) is 3.19. The van der Waals surface area contributed by atoms with Gasteiger partial charge in [0.25, 0.3) is 5.91 Å². The molecule has 0 spiro atoms. The van der Waals surface area contributed by atoms with E-state index in [2.05, 4.69) is 10.7 Å². The second kappa shape index (κ2) is 7.31. The van der Waals surface area contributed by atoms with Crippen LogP contribution in [-0.2, 0) is 6.42 Å². The predicted octanol–water partition coefficient (Wildman–Crippen LogP) is 1.95. The minimum Gasteiger partial charge on any atom is -0.496 e. The number of hydrogen-bond acceptors (Lipinski definition) is 4. The molecule has 2 rings (SSSR count). The summed E-state index contributed by atoms with van der Waals surface area (Å²) in [5, 5.41) is 2.89. The number of rotatable bonds is 6. The van der Waals surface area contributed by atoms with Gasteiger partial charge in [-0.15, -0.1) is 0 Å². The minimum absolute atomic E-state index is 0.103. The van der Waals surface area contributed by atoms with Gasteiger partial charge in [0.1, 0.15) is 5.75 Å². The number of carbonyl (C=O) groups is 1. The number of benzene rings is 2. The molecule has 0 aromatic heterocycles. The monoisotopic (exact) mass is 285 g/mol. The van der Waals surface area contributed by atoms with Gasteiger partial charge in [0.05, 0.1) is 7.11 Å². The van der Waals surface area contributed by atoms with Crippen molar-refractivity contribution in [3.63, 3.8) is 0 Å². The van der Waals surface area contributed by atoms with Crippen LogP contribution >= 0.6 is 0 Å². The maximum Gasteiger partial charge on any atom is 0.251 e. The molecule has 110 valence electrons. The topological polar surface area (TPSA) is 76.4 Å². The number of nitrogens with one attached hydrogen (secondary N) is 2. The predicted molar refractivity (Wildman–Crippen MR) is 83.3 cm³/mol. The highest BCUT2D eigenvalue weighted by Gasteiger charge is 2.06. The van der Waals surface area contributed by atoms with Crippen LogP contribution in [0, 0.1) is 0 Å². The standard InChI is InChI=1S/C16H19N3O2/c1-21-15-5-3-2-4-12(15)10-11-18-16(20)13-6-8-14(19-17)9-7-13/h2-9,19H,10-11,17H2,1H3,(H,18,20). The molecule has 0 bridgehead atoms. The van der Waals surface area contributed by atoms with Crippen molar-refractivity contribution in [2.24, 2.45) is 5.84 Å². The molecule has 0 unspecified atom stereocenters. The van der Waals surface area contributed by atoms with E-state index in [1.807, 2.05) is 24.3 Å². The van der Waals surface area contributed by atoms with Gasteiger partial charge in [0.15, 0.2) is 0 Å². The van der Waals surface area contributed by atoms with Gasteiger partial charge >= 0.3 is 0 Å². The first-order valence-electron chi connectivity index (χ1n) is 6.71. The molecule has 0 fully saturated rings. The smallest absolute Gasteiger partial charge is 0.251 e. The van der Waals surface area contributed by atoms with E-state index in [1.54, 1.807) is 31.4 Å². The summed E-state index contributed by atoms with van der Waals surface area (Å²) in [6.07, 6.45) is 0.720. The van der Waals surface area contributed by atoms with E-state index in [0.29, 0.717) is 12.1 Å². The van der Waals surface area contributed by atoms with Crippen LogP contribution in [0.3, 0.4) is 0 Å². The van der Waals surface area contributed by atoms with Crippen molar-refractivity contribution in [2.75, 3.05) is 19.1 Å². The van der Waals surface area contributed by atoms with Crippen LogP contribution in [0.4, 0.5) is 5.69 Å². The van der Waals surface area contributed by atoms with Crippen LogP contribution in [0.5, 0.6) is 5.75 Å². The quantitative estimate of drug-likeness (QED) is 0.560. The van der Waals surface area contributed by atoms with Crippen molar-refractivity contribution in [1.29, 1.82) is 0 Å². The lowest BCUT2D eigenvalue weighted by molar-refractivity contribution is 0.0954. The molecule has 0 saturated carbocycles. The molecule has 0 aliphatic heterocycles. The normalized spacial score (nSPS) is 10.0. The van der Waals surface area contributed by atoms with Crippen molar-refractivity contribution in [2.45, 2.75) is 6.42 Å². The van der Waals surface area contributed by atoms with Gasteiger partial charge in [-0.3, -0.25) is 10.6 Å². The third-order valence-electron chi connectivity index (χ3n) is 3.19. The number of methoxy groups -OCH3 is 1. The summed E-state index contributed by atoms with van der Waals surface area (Å²) in [5.41, 5.74) is 4.97. The average molecular weight is 285 g/mol. The summed E-state index contributed by atoms with van der Waals surface area (Å²) in [5.74, 6) is 6.02. The van der Waals surface area contributed by atoms with E-state index >= 15 is 0 Å². The van der Waals surface area contributed by atoms with E-state index in [1.165, 1.54) is 0 Å². The third kappa shape index (κ3) is 3.97. The highest BCUT2D eigenvalue weighted by Crippen LogP contribution is 2.17. The highest BCUT2D eigenvalue weighted by molar-refractivity contribution is 5.94. The summed E-state index contributed by atoms with van der Waals surface area (Å²) < 4.78 is 5.28. The Morgan fingerprint density at radius 3 is 2.52 bits per heavy atom. The lowest BCUT2D eigenvalue weighted by atomic mass is 10.1. The molecular weight excluding hydrogens is 266 g/mol. The number of ether oxygens (including phenoxy) is 1. The van der Waals surface area contributed by atoms with Crippen molar-refractivity contribution in [3.05, 3.63) is 59.7 Å². The van der Waals surface area contributed by atoms with Crippen LogP contribution in [0.1, 0.15) is 15.9 Å². The summed E-state index contributed by atoms with van der Waals surface area (Å²) in [7, 11) is 1.64. The molecule has 1 amide bonds. The number of anilines is 1. The summed E-state index contributed by atoms with van der Waals surface area (Å²) >= 11 is 0. The van der Waals surface area contributed by atoms with Gasteiger partial charge in [0.2, 0.25) is 0 Å². The Morgan fingerprint density at radius 1 is 1.14 bits per heavy atom. The second-order valence-electron chi connectivity index (χ2n) is 4.54. The lowest BCUT2D eigenvalue weighted by Gasteiger charge is -2.09. The SMILES string of the molecule is COc1ccccc1CCNC(=O)c1ccc(NN)cc1. The molecule has 21 heavy (non-hydrogen) atoms. The van der Waals surface area contributed by atoms with Gasteiger partial charge in [-0.05, 0) is 42.3 Å². The fourth-order valence-corrected chi connectivity index (χ4v) is 2.04. The van der Waals surface area contributed by atoms with Gasteiger partial charge < -0.3 is 15.5 Å². The summed E-state index contributed by atoms with van der Waals surface area (Å²) in [4.78, 5) is 12.0. The van der Waals surface area contributed by atoms with E-state index < -0.39 is 0 Å². The Hall–Kier alpha value is -2.53. The molecule has 0 heterocycles. The zero-order chi connectivity index (χ0) is 15.1. The van der Waals surface area contributed by atoms with E-state index in [4.69, 9.17) is 10.6 Å². The van der Waals surface area contributed by atoms with Gasteiger partial charge in [-0.2, -0.15) is 0 Å². The molecule has 0 radical (unpaired) electrons. The van der Waals surface area contributed by atoms with Gasteiger partial charge in [-0.25, -0.2) is 0 Å². The second-order valence-corrected chi connectivity index (χ2v) is 4.54. The van der Waals surface area contributed by atoms with Crippen LogP contribution in [-0.4, -0.2) is 19.6 Å². The average Bonchev–Trinajstić information content (AvgIpc) is 2.55. The molecule has 0 aliphatic carbocycles. The van der Waals surface area contributed by atoms with E-state index in [0.717, 1.165) is 23.4 Å². The summed E-state index contributed by atoms with van der Waals surface area (Å²) in [6.45, 7) is 0.552. The van der Waals surface area contributed by atoms with Gasteiger partial charge in [-0.1, -0.05) is 18.2 Å². The van der Waals surface area contributed by atoms with Crippen LogP contribution in [0.2, 0.25) is 0 Å². The Labute approximate surface area is 124 Å². The number of hydrazine groups is 1. The summed E-state index contributed by atoms with van der Waals surface area (Å²) in [6, 6.07) is 14.8. The number of amides is 1. The molecule has 5 nitrogen and oxygen atoms in total. The number of hydrogen-bond donors (Lipinski definition) is 3. The maximum absolute atomic E-state index is 12.0. The van der Waals surface area contributed by atoms with Crippen molar-refractivity contribution >= 4 is 11.6 Å². The molecule has 4 N–H and O–H groups in total. The van der Waals surface area contributed by atoms with Gasteiger partial charge in [0, 0.05) is 17.8 Å². The largest absolute Gasteiger partial charge is 0.496 e. The molecule has 2 aromatic carbocycles. The number of nitrogen functional groups attached to an aromatic ring is 1. The number of carbonyl (C=O) groups excluding carboxylic acids is 1. The molecule has 2 aromatic rings. The molecule has 0 saturated heterocycles. The lowest BCUT2D eigenvalue weighted by Crippen LogP contribution is -2.25. The van der Waals surface area contributed by atoms with E-state index in [-0.39, 0.29) is 5.91 Å². The molecule has 0 aliphatic rings. The maximum atomic E-state index is 12.0. The molecular formula is C16H19N3O2. The Bertz CT molecular complexity index is 597. The van der Waals surface area contributed by atoms with Crippen molar-refractivity contribution in [3.8, 4) is 5.75 Å². The zero-order valence-corrected chi connectivity index (χ0v) is 11.9. The number of nitrogens with two attached hydrogens (primary N) is 1. The fraction of sp³-hybridized carbons (Fsp3) is 0.188. The van der Waals surface area contributed by atoms with Crippen LogP contribution in [0.25, 0.3) is 0 Å². The first kappa shape index (κ1) is 14.9. The molecule has 0 atom stereocenters. The Morgan fingerprint density at radius 2 is 1.86 bits per heavy atom. The first-order valence-corrected chi connectivity index (χ1v) is 6.71. The minimum atomic E-state index is -0.103. The van der Waals surface area contributed by atoms with Crippen LogP contribution < -0.4 is 21.3 Å². The Balaban J connectivity index is 1.89. The molecule has 5 heteroatoms. The van der Waals surface area contributed by atoms with Crippen molar-refractivity contribution in [1.82, 2.24) is 5.32 Å². The Kier molecular flexibility index (Phi) is 5.17. The number of para-hydroxylation sites is 1. The fourth-order valence-electron chi connectivity index (χ4n) is 2.04. The highest BCUT2D eigenvalue weighted by atomic mass is 16.5. The van der Waals surface area contributed by atoms with Crippen molar-refractivity contribution < 1.29 is 9.53 Å². The van der Waals surface area contributed by atoms with E-state index in [9.17, 15) is 4.79 Å². The first-order chi connectivity index (χ1) is 10.2.